The van der Waals surface area contributed by atoms with Gasteiger partial charge in [-0.1, -0.05) is 11.6 Å². The Kier molecular flexibility index (Phi) is 7.34. The fourth-order valence-corrected chi connectivity index (χ4v) is 4.33. The first-order chi connectivity index (χ1) is 18.0. The molecule has 3 N–H and O–H groups in total. The minimum absolute atomic E-state index is 0.00690. The molecule has 0 aromatic heterocycles. The molecular weight excluding hydrogens is 564 g/mol. The lowest BCUT2D eigenvalue weighted by Gasteiger charge is -2.20. The molecule has 3 aromatic rings. The van der Waals surface area contributed by atoms with Gasteiger partial charge in [-0.15, -0.1) is 0 Å². The first-order valence-electron chi connectivity index (χ1n) is 10.9. The number of halogens is 9. The van der Waals surface area contributed by atoms with E-state index in [1.807, 2.05) is 0 Å². The summed E-state index contributed by atoms with van der Waals surface area (Å²) < 4.78 is 106. The van der Waals surface area contributed by atoms with E-state index in [1.54, 1.807) is 0 Å². The van der Waals surface area contributed by atoms with E-state index < -0.39 is 65.5 Å². The standard InChI is InChI=1S/C25H15ClF8N2O3/c26-17-2-1-13(27)9-15(17)21-20-16(23(39)36-21)3-10(5-19(37)25(32,33)34)4-18(20)35-22(38)11-6-12(24(29,30)31)8-14(28)7-11/h1-4,6-9,19,21,37H,5H2,(H,35,38)(H,36,39). The second-order valence-electron chi connectivity index (χ2n) is 8.62. The lowest BCUT2D eigenvalue weighted by atomic mass is 9.93. The molecule has 0 spiro atoms. The van der Waals surface area contributed by atoms with Gasteiger partial charge in [0.05, 0.1) is 11.6 Å². The summed E-state index contributed by atoms with van der Waals surface area (Å²) in [6, 6.07) is 4.96. The van der Waals surface area contributed by atoms with Gasteiger partial charge in [-0.25, -0.2) is 8.78 Å². The second kappa shape index (κ2) is 10.1. The zero-order valence-corrected chi connectivity index (χ0v) is 19.9. The van der Waals surface area contributed by atoms with Crippen molar-refractivity contribution in [1.82, 2.24) is 5.32 Å². The number of aliphatic hydroxyl groups excluding tert-OH is 1. The van der Waals surface area contributed by atoms with Crippen LogP contribution < -0.4 is 10.6 Å². The van der Waals surface area contributed by atoms with Gasteiger partial charge < -0.3 is 15.7 Å². The summed E-state index contributed by atoms with van der Waals surface area (Å²) in [4.78, 5) is 25.7. The molecule has 39 heavy (non-hydrogen) atoms. The third kappa shape index (κ3) is 5.98. The molecule has 1 aliphatic heterocycles. The van der Waals surface area contributed by atoms with E-state index in [4.69, 9.17) is 11.6 Å². The van der Waals surface area contributed by atoms with Crippen LogP contribution in [0.5, 0.6) is 0 Å². The lowest BCUT2D eigenvalue weighted by molar-refractivity contribution is -0.203. The highest BCUT2D eigenvalue weighted by Gasteiger charge is 2.40. The minimum Gasteiger partial charge on any atom is -0.383 e. The van der Waals surface area contributed by atoms with Gasteiger partial charge in [0.15, 0.2) is 6.10 Å². The first kappa shape index (κ1) is 28.3. The van der Waals surface area contributed by atoms with Crippen molar-refractivity contribution in [1.29, 1.82) is 0 Å². The normalized spacial score (nSPS) is 16.1. The molecule has 5 nitrogen and oxygen atoms in total. The predicted octanol–water partition coefficient (Wildman–Crippen LogP) is 6.19. The van der Waals surface area contributed by atoms with Crippen molar-refractivity contribution in [2.45, 2.75) is 30.9 Å². The molecular formula is C25H15ClF8N2O3. The maximum atomic E-state index is 14.0. The van der Waals surface area contributed by atoms with Crippen molar-refractivity contribution in [2.24, 2.45) is 0 Å². The minimum atomic E-state index is -5.03. The number of alkyl halides is 6. The van der Waals surface area contributed by atoms with Crippen LogP contribution in [-0.4, -0.2) is 29.2 Å². The van der Waals surface area contributed by atoms with Gasteiger partial charge in [0, 0.05) is 39.4 Å². The van der Waals surface area contributed by atoms with Gasteiger partial charge in [0.1, 0.15) is 11.6 Å². The number of aliphatic hydroxyl groups is 1. The monoisotopic (exact) mass is 578 g/mol. The predicted molar refractivity (Wildman–Crippen MR) is 122 cm³/mol. The summed E-state index contributed by atoms with van der Waals surface area (Å²) in [5, 5.41) is 14.2. The van der Waals surface area contributed by atoms with Gasteiger partial charge in [-0.05, 0) is 54.1 Å². The maximum absolute atomic E-state index is 14.0. The number of rotatable bonds is 5. The Balaban J connectivity index is 1.84. The van der Waals surface area contributed by atoms with Crippen LogP contribution in [0, 0.1) is 11.6 Å². The fourth-order valence-electron chi connectivity index (χ4n) is 4.10. The third-order valence-corrected chi connectivity index (χ3v) is 6.20. The number of amides is 2. The van der Waals surface area contributed by atoms with Gasteiger partial charge in [-0.3, -0.25) is 9.59 Å². The Morgan fingerprint density at radius 3 is 2.33 bits per heavy atom. The molecule has 3 aromatic carbocycles. The molecule has 14 heteroatoms. The van der Waals surface area contributed by atoms with Crippen LogP contribution in [-0.2, 0) is 12.6 Å². The van der Waals surface area contributed by atoms with Crippen LogP contribution in [0.2, 0.25) is 5.02 Å². The zero-order valence-electron chi connectivity index (χ0n) is 19.1. The van der Waals surface area contributed by atoms with Crippen molar-refractivity contribution in [3.05, 3.63) is 98.6 Å². The highest BCUT2D eigenvalue weighted by molar-refractivity contribution is 6.31. The largest absolute Gasteiger partial charge is 0.416 e. The molecule has 2 atom stereocenters. The van der Waals surface area contributed by atoms with Gasteiger partial charge in [-0.2, -0.15) is 26.3 Å². The lowest BCUT2D eigenvalue weighted by Crippen LogP contribution is -2.30. The number of hydrogen-bond donors (Lipinski definition) is 3. The van der Waals surface area contributed by atoms with Gasteiger partial charge in [0.2, 0.25) is 0 Å². The van der Waals surface area contributed by atoms with E-state index in [1.165, 1.54) is 6.07 Å². The third-order valence-electron chi connectivity index (χ3n) is 5.86. The second-order valence-corrected chi connectivity index (χ2v) is 9.03. The smallest absolute Gasteiger partial charge is 0.383 e. The van der Waals surface area contributed by atoms with Crippen molar-refractivity contribution < 1.29 is 49.8 Å². The van der Waals surface area contributed by atoms with E-state index >= 15 is 0 Å². The van der Waals surface area contributed by atoms with E-state index in [2.05, 4.69) is 10.6 Å². The van der Waals surface area contributed by atoms with Gasteiger partial charge in [0.25, 0.3) is 11.8 Å². The molecule has 0 saturated heterocycles. The molecule has 2 unspecified atom stereocenters. The van der Waals surface area contributed by atoms with Crippen molar-refractivity contribution in [3.63, 3.8) is 0 Å². The number of hydrogen-bond acceptors (Lipinski definition) is 3. The van der Waals surface area contributed by atoms with Crippen molar-refractivity contribution >= 4 is 29.1 Å². The van der Waals surface area contributed by atoms with Crippen LogP contribution >= 0.6 is 11.6 Å². The van der Waals surface area contributed by atoms with E-state index in [0.29, 0.717) is 12.1 Å². The summed E-state index contributed by atoms with van der Waals surface area (Å²) in [6.07, 6.45) is -13.9. The molecule has 1 aliphatic rings. The maximum Gasteiger partial charge on any atom is 0.416 e. The highest BCUT2D eigenvalue weighted by Crippen LogP contribution is 2.41. The van der Waals surface area contributed by atoms with Crippen LogP contribution in [0.1, 0.15) is 49.0 Å². The van der Waals surface area contributed by atoms with Crippen molar-refractivity contribution in [3.8, 4) is 0 Å². The summed E-state index contributed by atoms with van der Waals surface area (Å²) in [7, 11) is 0. The number of carbonyl (C=O) groups is 2. The Labute approximate surface area is 219 Å². The summed E-state index contributed by atoms with van der Waals surface area (Å²) in [5.41, 5.74) is -3.23. The van der Waals surface area contributed by atoms with Crippen LogP contribution in [0.25, 0.3) is 0 Å². The molecule has 1 heterocycles. The molecule has 0 fully saturated rings. The molecule has 2 amide bonds. The van der Waals surface area contributed by atoms with E-state index in [9.17, 15) is 49.8 Å². The summed E-state index contributed by atoms with van der Waals surface area (Å²) in [5.74, 6) is -4.28. The van der Waals surface area contributed by atoms with Crippen molar-refractivity contribution in [2.75, 3.05) is 5.32 Å². The van der Waals surface area contributed by atoms with Crippen LogP contribution in [0.15, 0.2) is 48.5 Å². The Hall–Kier alpha value is -3.71. The Bertz CT molecular complexity index is 1470. The molecule has 0 bridgehead atoms. The molecule has 0 aliphatic carbocycles. The average Bonchev–Trinajstić information content (AvgIpc) is 3.15. The quantitative estimate of drug-likeness (QED) is 0.316. The molecule has 0 radical (unpaired) electrons. The average molecular weight is 579 g/mol. The molecule has 0 saturated carbocycles. The Morgan fingerprint density at radius 2 is 1.69 bits per heavy atom. The zero-order chi connectivity index (χ0) is 28.9. The number of fused-ring (bicyclic) bond motifs is 1. The van der Waals surface area contributed by atoms with E-state index in [-0.39, 0.29) is 39.0 Å². The molecule has 206 valence electrons. The number of benzene rings is 3. The summed E-state index contributed by atoms with van der Waals surface area (Å²) in [6.45, 7) is 0. The number of nitrogens with one attached hydrogen (secondary N) is 2. The number of carbonyl (C=O) groups excluding carboxylic acids is 2. The van der Waals surface area contributed by atoms with Crippen LogP contribution in [0.4, 0.5) is 40.8 Å². The number of anilines is 1. The molecule has 4 rings (SSSR count). The first-order valence-corrected chi connectivity index (χ1v) is 11.3. The highest BCUT2D eigenvalue weighted by atomic mass is 35.5. The van der Waals surface area contributed by atoms with Gasteiger partial charge >= 0.3 is 12.4 Å². The van der Waals surface area contributed by atoms with Crippen LogP contribution in [0.3, 0.4) is 0 Å². The Morgan fingerprint density at radius 1 is 1.00 bits per heavy atom. The fraction of sp³-hybridized carbons (Fsp3) is 0.200. The van der Waals surface area contributed by atoms with E-state index in [0.717, 1.165) is 24.3 Å². The SMILES string of the molecule is O=C(Nc1cc(CC(O)C(F)(F)F)cc2c1C(c1cc(F)ccc1Cl)NC2=O)c1cc(F)cc(C(F)(F)F)c1. The summed E-state index contributed by atoms with van der Waals surface area (Å²) >= 11 is 6.16. The topological polar surface area (TPSA) is 78.4 Å².